The van der Waals surface area contributed by atoms with Crippen molar-refractivity contribution >= 4 is 20.7 Å². The molecule has 0 bridgehead atoms. The lowest BCUT2D eigenvalue weighted by Gasteiger charge is -2.11. The Balaban J connectivity index is 1.83. The maximum Gasteiger partial charge on any atom is 0.208 e. The van der Waals surface area contributed by atoms with Crippen molar-refractivity contribution in [2.75, 3.05) is 33.7 Å². The highest BCUT2D eigenvalue weighted by Gasteiger charge is 2.23. The molecule has 3 aromatic rings. The zero-order valence-corrected chi connectivity index (χ0v) is 17.0. The monoisotopic (exact) mass is 403 g/mol. The Labute approximate surface area is 165 Å². The summed E-state index contributed by atoms with van der Waals surface area (Å²) in [5.74, 6) is -0.567. The highest BCUT2D eigenvalue weighted by atomic mass is 32.2. The van der Waals surface area contributed by atoms with Gasteiger partial charge in [-0.25, -0.2) is 12.8 Å². The Hall–Kier alpha value is -2.22. The second kappa shape index (κ2) is 8.86. The van der Waals surface area contributed by atoms with Crippen LogP contribution in [0.3, 0.4) is 0 Å². The van der Waals surface area contributed by atoms with E-state index in [1.807, 2.05) is 32.3 Å². The average molecular weight is 404 g/mol. The molecule has 0 unspecified atom stereocenters. The number of hydrogen-bond acceptors (Lipinski definition) is 4. The predicted molar refractivity (Wildman–Crippen MR) is 110 cm³/mol. The standard InChI is InChI=1S/C21H26FN3O2S/c1-25(2)13-5-11-23-12-10-16-6-3-9-19-21(16)20(15-24-19)28(26,27)18-8-4-7-17(22)14-18/h3-4,6-9,14-15,23-24H,5,10-13H2,1-2H3. The molecule has 0 fully saturated rings. The Morgan fingerprint density at radius 1 is 1.11 bits per heavy atom. The second-order valence-corrected chi connectivity index (χ2v) is 9.03. The van der Waals surface area contributed by atoms with E-state index in [-0.39, 0.29) is 9.79 Å². The lowest BCUT2D eigenvalue weighted by atomic mass is 10.1. The van der Waals surface area contributed by atoms with Gasteiger partial charge in [0.15, 0.2) is 0 Å². The first-order valence-electron chi connectivity index (χ1n) is 9.34. The lowest BCUT2D eigenvalue weighted by molar-refractivity contribution is 0.395. The maximum atomic E-state index is 13.6. The Kier molecular flexibility index (Phi) is 6.49. The number of benzene rings is 2. The van der Waals surface area contributed by atoms with Crippen molar-refractivity contribution in [2.24, 2.45) is 0 Å². The van der Waals surface area contributed by atoms with Crippen LogP contribution in [-0.4, -0.2) is 52.0 Å². The number of aromatic nitrogens is 1. The number of hydrogen-bond donors (Lipinski definition) is 2. The number of aromatic amines is 1. The van der Waals surface area contributed by atoms with E-state index >= 15 is 0 Å². The molecule has 0 saturated heterocycles. The van der Waals surface area contributed by atoms with Crippen molar-refractivity contribution in [3.8, 4) is 0 Å². The van der Waals surface area contributed by atoms with Gasteiger partial charge in [0.1, 0.15) is 5.82 Å². The van der Waals surface area contributed by atoms with Gasteiger partial charge in [-0.2, -0.15) is 0 Å². The van der Waals surface area contributed by atoms with Crippen LogP contribution in [-0.2, 0) is 16.3 Å². The molecule has 28 heavy (non-hydrogen) atoms. The number of halogens is 1. The molecule has 1 heterocycles. The van der Waals surface area contributed by atoms with Gasteiger partial charge in [0, 0.05) is 17.1 Å². The molecule has 0 aliphatic carbocycles. The van der Waals surface area contributed by atoms with Crippen molar-refractivity contribution < 1.29 is 12.8 Å². The van der Waals surface area contributed by atoms with Gasteiger partial charge < -0.3 is 15.2 Å². The normalized spacial score (nSPS) is 12.1. The fourth-order valence-electron chi connectivity index (χ4n) is 3.28. The van der Waals surface area contributed by atoms with Crippen molar-refractivity contribution in [2.45, 2.75) is 22.6 Å². The molecule has 5 nitrogen and oxygen atoms in total. The Morgan fingerprint density at radius 3 is 2.64 bits per heavy atom. The zero-order chi connectivity index (χ0) is 20.1. The van der Waals surface area contributed by atoms with E-state index in [0.717, 1.165) is 43.2 Å². The molecule has 1 aromatic heterocycles. The van der Waals surface area contributed by atoms with Crippen molar-refractivity contribution in [3.63, 3.8) is 0 Å². The van der Waals surface area contributed by atoms with E-state index in [1.165, 1.54) is 24.4 Å². The number of nitrogens with one attached hydrogen (secondary N) is 2. The molecule has 2 aromatic carbocycles. The summed E-state index contributed by atoms with van der Waals surface area (Å²) in [6.45, 7) is 2.70. The summed E-state index contributed by atoms with van der Waals surface area (Å²) in [5, 5.41) is 4.09. The SMILES string of the molecule is CN(C)CCCNCCc1cccc2[nH]cc(S(=O)(=O)c3cccc(F)c3)c12. The summed E-state index contributed by atoms with van der Waals surface area (Å²) in [6.07, 6.45) is 3.27. The van der Waals surface area contributed by atoms with E-state index in [0.29, 0.717) is 11.8 Å². The molecule has 0 aliphatic rings. The summed E-state index contributed by atoms with van der Waals surface area (Å²) < 4.78 is 39.7. The van der Waals surface area contributed by atoms with Crippen LogP contribution in [0.4, 0.5) is 4.39 Å². The quantitative estimate of drug-likeness (QED) is 0.539. The number of H-pyrrole nitrogens is 1. The molecule has 0 spiro atoms. The first-order valence-corrected chi connectivity index (χ1v) is 10.8. The number of fused-ring (bicyclic) bond motifs is 1. The lowest BCUT2D eigenvalue weighted by Crippen LogP contribution is -2.23. The number of sulfone groups is 1. The van der Waals surface area contributed by atoms with Crippen LogP contribution in [0.1, 0.15) is 12.0 Å². The first-order chi connectivity index (χ1) is 13.4. The summed E-state index contributed by atoms with van der Waals surface area (Å²) in [7, 11) is 0.284. The van der Waals surface area contributed by atoms with Crippen LogP contribution in [0.5, 0.6) is 0 Å². The van der Waals surface area contributed by atoms with Gasteiger partial charge in [-0.3, -0.25) is 0 Å². The third-order valence-electron chi connectivity index (χ3n) is 4.68. The van der Waals surface area contributed by atoms with Crippen molar-refractivity contribution in [3.05, 3.63) is 60.0 Å². The molecule has 0 amide bonds. The summed E-state index contributed by atoms with van der Waals surface area (Å²) in [6, 6.07) is 10.8. The molecule has 3 rings (SSSR count). The van der Waals surface area contributed by atoms with Gasteiger partial charge in [-0.15, -0.1) is 0 Å². The van der Waals surface area contributed by atoms with E-state index < -0.39 is 15.7 Å². The van der Waals surface area contributed by atoms with Gasteiger partial charge in [-0.1, -0.05) is 18.2 Å². The maximum absolute atomic E-state index is 13.6. The summed E-state index contributed by atoms with van der Waals surface area (Å²) >= 11 is 0. The summed E-state index contributed by atoms with van der Waals surface area (Å²) in [5.41, 5.74) is 1.72. The smallest absolute Gasteiger partial charge is 0.208 e. The number of rotatable bonds is 9. The minimum absolute atomic E-state index is 0.0370. The van der Waals surface area contributed by atoms with E-state index in [9.17, 15) is 12.8 Å². The van der Waals surface area contributed by atoms with Gasteiger partial charge in [0.05, 0.1) is 9.79 Å². The van der Waals surface area contributed by atoms with E-state index in [4.69, 9.17) is 0 Å². The molecule has 7 heteroatoms. The van der Waals surface area contributed by atoms with Crippen molar-refractivity contribution in [1.82, 2.24) is 15.2 Å². The minimum atomic E-state index is -3.81. The largest absolute Gasteiger partial charge is 0.360 e. The highest BCUT2D eigenvalue weighted by Crippen LogP contribution is 2.31. The predicted octanol–water partition coefficient (Wildman–Crippen LogP) is 3.22. The molecule has 0 radical (unpaired) electrons. The molecule has 0 aliphatic heterocycles. The molecular weight excluding hydrogens is 377 g/mol. The van der Waals surface area contributed by atoms with Crippen LogP contribution in [0, 0.1) is 5.82 Å². The van der Waals surface area contributed by atoms with Crippen LogP contribution in [0.15, 0.2) is 58.5 Å². The Bertz CT molecular complexity index is 1040. The Morgan fingerprint density at radius 2 is 1.89 bits per heavy atom. The molecule has 2 N–H and O–H groups in total. The molecule has 0 saturated carbocycles. The van der Waals surface area contributed by atoms with Crippen LogP contribution < -0.4 is 5.32 Å². The third kappa shape index (κ3) is 4.60. The minimum Gasteiger partial charge on any atom is -0.360 e. The van der Waals surface area contributed by atoms with Gasteiger partial charge in [0.2, 0.25) is 9.84 Å². The van der Waals surface area contributed by atoms with Crippen LogP contribution >= 0.6 is 0 Å². The van der Waals surface area contributed by atoms with Gasteiger partial charge in [0.25, 0.3) is 0 Å². The van der Waals surface area contributed by atoms with E-state index in [1.54, 1.807) is 0 Å². The van der Waals surface area contributed by atoms with E-state index in [2.05, 4.69) is 15.2 Å². The third-order valence-corrected chi connectivity index (χ3v) is 6.46. The average Bonchev–Trinajstić information content (AvgIpc) is 3.10. The first kappa shape index (κ1) is 20.5. The van der Waals surface area contributed by atoms with Crippen LogP contribution in [0.25, 0.3) is 10.9 Å². The summed E-state index contributed by atoms with van der Waals surface area (Å²) in [4.78, 5) is 5.34. The second-order valence-electron chi connectivity index (χ2n) is 7.11. The molecule has 150 valence electrons. The number of nitrogens with zero attached hydrogens (tertiary/aromatic N) is 1. The van der Waals surface area contributed by atoms with Crippen LogP contribution in [0.2, 0.25) is 0 Å². The fourth-order valence-corrected chi connectivity index (χ4v) is 4.78. The molecular formula is C21H26FN3O2S. The zero-order valence-electron chi connectivity index (χ0n) is 16.2. The topological polar surface area (TPSA) is 65.2 Å². The fraction of sp³-hybridized carbons (Fsp3) is 0.333. The van der Waals surface area contributed by atoms with Gasteiger partial charge in [-0.05, 0) is 76.4 Å². The molecule has 0 atom stereocenters. The highest BCUT2D eigenvalue weighted by molar-refractivity contribution is 7.91. The van der Waals surface area contributed by atoms with Crippen molar-refractivity contribution in [1.29, 1.82) is 0 Å². The van der Waals surface area contributed by atoms with Gasteiger partial charge >= 0.3 is 0 Å².